The fourth-order valence-corrected chi connectivity index (χ4v) is 2.70. The SMILES string of the molecule is CCCCOCCOCCNC(=NC)N(C)Cc1cnn(-c2ccccc2)c1. The summed E-state index contributed by atoms with van der Waals surface area (Å²) in [5.41, 5.74) is 2.17. The molecule has 0 bridgehead atoms. The van der Waals surface area contributed by atoms with E-state index in [1.807, 2.05) is 54.5 Å². The van der Waals surface area contributed by atoms with Crippen molar-refractivity contribution in [1.29, 1.82) is 0 Å². The maximum atomic E-state index is 5.58. The fraction of sp³-hybridized carbons (Fsp3) is 0.524. The van der Waals surface area contributed by atoms with E-state index < -0.39 is 0 Å². The minimum Gasteiger partial charge on any atom is -0.379 e. The van der Waals surface area contributed by atoms with Crippen LogP contribution in [-0.2, 0) is 16.0 Å². The standard InChI is InChI=1S/C21H33N5O2/c1-4-5-12-27-14-15-28-13-11-23-21(22-2)25(3)17-19-16-24-26(18-19)20-9-7-6-8-10-20/h6-10,16,18H,4-5,11-15,17H2,1-3H3,(H,22,23). The summed E-state index contributed by atoms with van der Waals surface area (Å²) in [4.78, 5) is 6.41. The van der Waals surface area contributed by atoms with Crippen LogP contribution in [0.1, 0.15) is 25.3 Å². The van der Waals surface area contributed by atoms with E-state index in [0.717, 1.165) is 43.2 Å². The van der Waals surface area contributed by atoms with Crippen LogP contribution in [0.2, 0.25) is 0 Å². The largest absolute Gasteiger partial charge is 0.379 e. The van der Waals surface area contributed by atoms with E-state index in [-0.39, 0.29) is 0 Å². The molecule has 0 aliphatic heterocycles. The maximum absolute atomic E-state index is 5.58. The van der Waals surface area contributed by atoms with E-state index in [2.05, 4.69) is 27.2 Å². The number of hydrogen-bond donors (Lipinski definition) is 1. The second-order valence-electron chi connectivity index (χ2n) is 6.54. The number of benzene rings is 1. The molecule has 1 heterocycles. The summed E-state index contributed by atoms with van der Waals surface area (Å²) in [7, 11) is 3.80. The highest BCUT2D eigenvalue weighted by molar-refractivity contribution is 5.79. The highest BCUT2D eigenvalue weighted by Crippen LogP contribution is 2.09. The Labute approximate surface area is 168 Å². The van der Waals surface area contributed by atoms with E-state index in [9.17, 15) is 0 Å². The lowest BCUT2D eigenvalue weighted by atomic mass is 10.3. The molecule has 0 radical (unpaired) electrons. The molecule has 1 aromatic carbocycles. The van der Waals surface area contributed by atoms with Crippen LogP contribution in [0.15, 0.2) is 47.7 Å². The molecule has 0 fully saturated rings. The number of para-hydroxylation sites is 1. The third-order valence-electron chi connectivity index (χ3n) is 4.19. The van der Waals surface area contributed by atoms with Crippen molar-refractivity contribution in [2.45, 2.75) is 26.3 Å². The van der Waals surface area contributed by atoms with Gasteiger partial charge in [0, 0.05) is 45.6 Å². The number of rotatable bonds is 12. The maximum Gasteiger partial charge on any atom is 0.193 e. The van der Waals surface area contributed by atoms with Gasteiger partial charge in [-0.05, 0) is 18.6 Å². The number of hydrogen-bond acceptors (Lipinski definition) is 4. The Morgan fingerprint density at radius 3 is 2.61 bits per heavy atom. The zero-order valence-corrected chi connectivity index (χ0v) is 17.3. The second kappa shape index (κ2) is 12.9. The van der Waals surface area contributed by atoms with E-state index in [1.54, 1.807) is 7.05 Å². The molecule has 2 aromatic rings. The van der Waals surface area contributed by atoms with Crippen LogP contribution in [0.4, 0.5) is 0 Å². The van der Waals surface area contributed by atoms with Gasteiger partial charge in [-0.25, -0.2) is 4.68 Å². The van der Waals surface area contributed by atoms with Crippen molar-refractivity contribution in [3.05, 3.63) is 48.3 Å². The van der Waals surface area contributed by atoms with E-state index >= 15 is 0 Å². The van der Waals surface area contributed by atoms with Gasteiger partial charge in [0.05, 0.1) is 31.7 Å². The molecular weight excluding hydrogens is 354 g/mol. The minimum atomic E-state index is 0.621. The summed E-state index contributed by atoms with van der Waals surface area (Å²) < 4.78 is 12.9. The van der Waals surface area contributed by atoms with Crippen molar-refractivity contribution in [3.8, 4) is 5.69 Å². The molecule has 0 unspecified atom stereocenters. The molecule has 1 N–H and O–H groups in total. The van der Waals surface area contributed by atoms with E-state index in [1.165, 1.54) is 0 Å². The minimum absolute atomic E-state index is 0.621. The first kappa shape index (κ1) is 21.9. The highest BCUT2D eigenvalue weighted by atomic mass is 16.5. The summed E-state index contributed by atoms with van der Waals surface area (Å²) in [5.74, 6) is 0.829. The molecular formula is C21H33N5O2. The quantitative estimate of drug-likeness (QED) is 0.345. The molecule has 7 heteroatoms. The molecule has 154 valence electrons. The van der Waals surface area contributed by atoms with Gasteiger partial charge in [0.15, 0.2) is 5.96 Å². The number of unbranched alkanes of at least 4 members (excludes halogenated alkanes) is 1. The van der Waals surface area contributed by atoms with Crippen LogP contribution < -0.4 is 5.32 Å². The molecule has 0 aliphatic carbocycles. The molecule has 28 heavy (non-hydrogen) atoms. The summed E-state index contributed by atoms with van der Waals surface area (Å²) in [6, 6.07) is 10.1. The number of ether oxygens (including phenoxy) is 2. The predicted octanol–water partition coefficient (Wildman–Crippen LogP) is 2.71. The van der Waals surface area contributed by atoms with Crippen molar-refractivity contribution in [3.63, 3.8) is 0 Å². The van der Waals surface area contributed by atoms with Gasteiger partial charge in [-0.2, -0.15) is 5.10 Å². The van der Waals surface area contributed by atoms with Gasteiger partial charge >= 0.3 is 0 Å². The average Bonchev–Trinajstić information content (AvgIpc) is 3.18. The Balaban J connectivity index is 1.68. The fourth-order valence-electron chi connectivity index (χ4n) is 2.70. The van der Waals surface area contributed by atoms with Crippen molar-refractivity contribution in [1.82, 2.24) is 20.0 Å². The van der Waals surface area contributed by atoms with Gasteiger partial charge < -0.3 is 19.7 Å². The average molecular weight is 388 g/mol. The molecule has 0 atom stereocenters. The second-order valence-corrected chi connectivity index (χ2v) is 6.54. The van der Waals surface area contributed by atoms with Gasteiger partial charge in [-0.3, -0.25) is 4.99 Å². The van der Waals surface area contributed by atoms with Crippen LogP contribution in [-0.4, -0.2) is 67.7 Å². The first-order chi connectivity index (χ1) is 13.7. The van der Waals surface area contributed by atoms with Crippen LogP contribution in [0.3, 0.4) is 0 Å². The van der Waals surface area contributed by atoms with Gasteiger partial charge in [-0.1, -0.05) is 31.5 Å². The molecule has 2 rings (SSSR count). The smallest absolute Gasteiger partial charge is 0.193 e. The van der Waals surface area contributed by atoms with Gasteiger partial charge in [0.2, 0.25) is 0 Å². The van der Waals surface area contributed by atoms with Crippen molar-refractivity contribution < 1.29 is 9.47 Å². The van der Waals surface area contributed by atoms with Gasteiger partial charge in [0.1, 0.15) is 0 Å². The first-order valence-electron chi connectivity index (χ1n) is 9.90. The normalized spacial score (nSPS) is 11.6. The van der Waals surface area contributed by atoms with Crippen molar-refractivity contribution in [2.24, 2.45) is 4.99 Å². The summed E-state index contributed by atoms with van der Waals surface area (Å²) in [6.45, 7) is 6.30. The number of nitrogens with one attached hydrogen (secondary N) is 1. The number of guanidine groups is 1. The summed E-state index contributed by atoms with van der Waals surface area (Å²) >= 11 is 0. The third-order valence-corrected chi connectivity index (χ3v) is 4.19. The van der Waals surface area contributed by atoms with Gasteiger partial charge in [0.25, 0.3) is 0 Å². The van der Waals surface area contributed by atoms with E-state index in [0.29, 0.717) is 26.4 Å². The van der Waals surface area contributed by atoms with Crippen LogP contribution >= 0.6 is 0 Å². The predicted molar refractivity (Wildman–Crippen MR) is 113 cm³/mol. The Morgan fingerprint density at radius 2 is 1.89 bits per heavy atom. The van der Waals surface area contributed by atoms with E-state index in [4.69, 9.17) is 9.47 Å². The number of aliphatic imine (C=N–C) groups is 1. The topological polar surface area (TPSA) is 63.9 Å². The lowest BCUT2D eigenvalue weighted by Crippen LogP contribution is -2.40. The highest BCUT2D eigenvalue weighted by Gasteiger charge is 2.08. The number of nitrogens with zero attached hydrogens (tertiary/aromatic N) is 4. The summed E-state index contributed by atoms with van der Waals surface area (Å²) in [6.07, 6.45) is 6.19. The lowest BCUT2D eigenvalue weighted by molar-refractivity contribution is 0.0486. The first-order valence-corrected chi connectivity index (χ1v) is 9.90. The number of aromatic nitrogens is 2. The molecule has 0 aliphatic rings. The van der Waals surface area contributed by atoms with Crippen molar-refractivity contribution in [2.75, 3.05) is 47.1 Å². The molecule has 1 aromatic heterocycles. The van der Waals surface area contributed by atoms with Crippen LogP contribution in [0, 0.1) is 0 Å². The Kier molecular flexibility index (Phi) is 10.1. The lowest BCUT2D eigenvalue weighted by Gasteiger charge is -2.21. The molecule has 7 nitrogen and oxygen atoms in total. The van der Waals surface area contributed by atoms with Crippen LogP contribution in [0.5, 0.6) is 0 Å². The van der Waals surface area contributed by atoms with Crippen LogP contribution in [0.25, 0.3) is 5.69 Å². The summed E-state index contributed by atoms with van der Waals surface area (Å²) in [5, 5.41) is 7.77. The monoisotopic (exact) mass is 387 g/mol. The Hall–Kier alpha value is -2.38. The Bertz CT molecular complexity index is 687. The molecule has 0 saturated carbocycles. The Morgan fingerprint density at radius 1 is 1.14 bits per heavy atom. The van der Waals surface area contributed by atoms with Gasteiger partial charge in [-0.15, -0.1) is 0 Å². The van der Waals surface area contributed by atoms with Crippen molar-refractivity contribution >= 4 is 5.96 Å². The zero-order valence-electron chi connectivity index (χ0n) is 17.3. The third kappa shape index (κ3) is 7.70. The molecule has 0 spiro atoms. The molecule has 0 amide bonds. The zero-order chi connectivity index (χ0) is 20.0. The molecule has 0 saturated heterocycles.